The van der Waals surface area contributed by atoms with Gasteiger partial charge in [-0.15, -0.1) is 0 Å². The van der Waals surface area contributed by atoms with Gasteiger partial charge in [0.2, 0.25) is 0 Å². The molecule has 1 aromatic heterocycles. The number of hydrogen-bond donors (Lipinski definition) is 1. The lowest BCUT2D eigenvalue weighted by Gasteiger charge is -2.33. The van der Waals surface area contributed by atoms with Gasteiger partial charge < -0.3 is 19.9 Å². The minimum Gasteiger partial charge on any atom is -0.490 e. The number of hydrogen-bond acceptors (Lipinski definition) is 7. The number of aromatic nitrogens is 1. The fourth-order valence-electron chi connectivity index (χ4n) is 2.87. The molecule has 1 fully saturated rings. The van der Waals surface area contributed by atoms with Gasteiger partial charge in [0.05, 0.1) is 23.9 Å². The van der Waals surface area contributed by atoms with Gasteiger partial charge in [0.25, 0.3) is 5.91 Å². The number of piperazine rings is 1. The van der Waals surface area contributed by atoms with Crippen molar-refractivity contribution in [3.8, 4) is 5.75 Å². The van der Waals surface area contributed by atoms with Crippen LogP contribution in [0, 0.1) is 10.1 Å². The summed E-state index contributed by atoms with van der Waals surface area (Å²) in [6.45, 7) is 3.85. The molecular formula is C18H21N5O4. The standard InChI is InChI=1S/C18H21N5O4/c1-21-7-9-22(10-8-21)14-4-6-17(19-12-14)20-18(24)13-3-5-16(27-2)15(11-13)23(25)26/h3-6,11-12H,7-10H2,1-2H3,(H,19,20,24). The van der Waals surface area contributed by atoms with Gasteiger partial charge in [-0.25, -0.2) is 4.98 Å². The molecule has 1 amide bonds. The van der Waals surface area contributed by atoms with E-state index in [1.54, 1.807) is 12.3 Å². The number of likely N-dealkylation sites (N-methyl/N-ethyl adjacent to an activating group) is 1. The highest BCUT2D eigenvalue weighted by molar-refractivity contribution is 6.04. The summed E-state index contributed by atoms with van der Waals surface area (Å²) < 4.78 is 4.94. The van der Waals surface area contributed by atoms with E-state index in [1.165, 1.54) is 25.3 Å². The lowest BCUT2D eigenvalue weighted by molar-refractivity contribution is -0.385. The second-order valence-corrected chi connectivity index (χ2v) is 6.29. The van der Waals surface area contributed by atoms with Crippen molar-refractivity contribution in [2.75, 3.05) is 50.6 Å². The Morgan fingerprint density at radius 3 is 2.56 bits per heavy atom. The predicted octanol–water partition coefficient (Wildman–Crippen LogP) is 2.00. The van der Waals surface area contributed by atoms with E-state index in [1.807, 2.05) is 6.07 Å². The Labute approximate surface area is 156 Å². The lowest BCUT2D eigenvalue weighted by atomic mass is 10.1. The van der Waals surface area contributed by atoms with Gasteiger partial charge >= 0.3 is 5.69 Å². The Kier molecular flexibility index (Phi) is 5.51. The molecule has 1 aliphatic rings. The van der Waals surface area contributed by atoms with Crippen LogP contribution in [-0.4, -0.2) is 61.1 Å². The molecule has 0 atom stereocenters. The monoisotopic (exact) mass is 371 g/mol. The first-order valence-electron chi connectivity index (χ1n) is 8.51. The first-order valence-corrected chi connectivity index (χ1v) is 8.51. The van der Waals surface area contributed by atoms with Gasteiger partial charge in [-0.3, -0.25) is 14.9 Å². The van der Waals surface area contributed by atoms with Crippen molar-refractivity contribution in [2.24, 2.45) is 0 Å². The average Bonchev–Trinajstić information content (AvgIpc) is 2.68. The summed E-state index contributed by atoms with van der Waals surface area (Å²) in [5.41, 5.74) is 0.900. The number of pyridine rings is 1. The third kappa shape index (κ3) is 4.32. The van der Waals surface area contributed by atoms with Crippen LogP contribution in [0.4, 0.5) is 17.2 Å². The second kappa shape index (κ2) is 8.00. The Morgan fingerprint density at radius 1 is 1.22 bits per heavy atom. The molecule has 0 aliphatic carbocycles. The summed E-state index contributed by atoms with van der Waals surface area (Å²) in [4.78, 5) is 31.7. The van der Waals surface area contributed by atoms with Crippen LogP contribution in [0.2, 0.25) is 0 Å². The first kappa shape index (κ1) is 18.6. The molecule has 9 heteroatoms. The van der Waals surface area contributed by atoms with Crippen molar-refractivity contribution in [2.45, 2.75) is 0 Å². The summed E-state index contributed by atoms with van der Waals surface area (Å²) in [5, 5.41) is 13.8. The number of carbonyl (C=O) groups is 1. The van der Waals surface area contributed by atoms with E-state index in [0.29, 0.717) is 5.82 Å². The van der Waals surface area contributed by atoms with Crippen molar-refractivity contribution in [3.63, 3.8) is 0 Å². The molecule has 0 bridgehead atoms. The fraction of sp³-hybridized carbons (Fsp3) is 0.333. The Balaban J connectivity index is 1.69. The second-order valence-electron chi connectivity index (χ2n) is 6.29. The number of anilines is 2. The molecule has 0 spiro atoms. The summed E-state index contributed by atoms with van der Waals surface area (Å²) in [7, 11) is 3.44. The highest BCUT2D eigenvalue weighted by atomic mass is 16.6. The summed E-state index contributed by atoms with van der Waals surface area (Å²) in [6, 6.07) is 7.69. The van der Waals surface area contributed by atoms with Crippen molar-refractivity contribution < 1.29 is 14.5 Å². The van der Waals surface area contributed by atoms with Crippen LogP contribution in [0.25, 0.3) is 0 Å². The molecule has 27 heavy (non-hydrogen) atoms. The largest absolute Gasteiger partial charge is 0.490 e. The first-order chi connectivity index (χ1) is 13.0. The number of nitro benzene ring substituents is 1. The molecule has 9 nitrogen and oxygen atoms in total. The van der Waals surface area contributed by atoms with Crippen molar-refractivity contribution in [3.05, 3.63) is 52.2 Å². The zero-order valence-electron chi connectivity index (χ0n) is 15.2. The number of amides is 1. The molecule has 1 saturated heterocycles. The molecule has 2 aromatic rings. The third-order valence-corrected chi connectivity index (χ3v) is 4.50. The Morgan fingerprint density at radius 2 is 1.96 bits per heavy atom. The third-order valence-electron chi connectivity index (χ3n) is 4.50. The van der Waals surface area contributed by atoms with Gasteiger partial charge in [0, 0.05) is 37.8 Å². The smallest absolute Gasteiger partial charge is 0.311 e. The summed E-state index contributed by atoms with van der Waals surface area (Å²) >= 11 is 0. The minimum atomic E-state index is -0.585. The van der Waals surface area contributed by atoms with E-state index in [-0.39, 0.29) is 17.0 Å². The zero-order chi connectivity index (χ0) is 19.4. The van der Waals surface area contributed by atoms with Crippen molar-refractivity contribution in [1.82, 2.24) is 9.88 Å². The molecule has 0 unspecified atom stereocenters. The number of benzene rings is 1. The van der Waals surface area contributed by atoms with Gasteiger partial charge in [-0.2, -0.15) is 0 Å². The maximum Gasteiger partial charge on any atom is 0.311 e. The SMILES string of the molecule is COc1ccc(C(=O)Nc2ccc(N3CCN(C)CC3)cn2)cc1[N+](=O)[O-]. The molecule has 1 aliphatic heterocycles. The molecule has 3 rings (SSSR count). The van der Waals surface area contributed by atoms with E-state index in [2.05, 4.69) is 27.1 Å². The normalized spacial score (nSPS) is 14.7. The number of nitro groups is 1. The van der Waals surface area contributed by atoms with E-state index in [9.17, 15) is 14.9 Å². The number of nitrogens with zero attached hydrogens (tertiary/aromatic N) is 4. The van der Waals surface area contributed by atoms with Crippen LogP contribution < -0.4 is 15.0 Å². The maximum absolute atomic E-state index is 12.4. The highest BCUT2D eigenvalue weighted by Crippen LogP contribution is 2.27. The number of rotatable bonds is 5. The van der Waals surface area contributed by atoms with Crippen LogP contribution in [0.3, 0.4) is 0 Å². The van der Waals surface area contributed by atoms with Gasteiger partial charge in [0.15, 0.2) is 5.75 Å². The van der Waals surface area contributed by atoms with Gasteiger partial charge in [-0.05, 0) is 31.3 Å². The van der Waals surface area contributed by atoms with Crippen LogP contribution in [-0.2, 0) is 0 Å². The summed E-state index contributed by atoms with van der Waals surface area (Å²) in [5.74, 6) is 0.0168. The van der Waals surface area contributed by atoms with E-state index in [4.69, 9.17) is 4.74 Å². The quantitative estimate of drug-likeness (QED) is 0.634. The molecule has 2 heterocycles. The maximum atomic E-state index is 12.4. The van der Waals surface area contributed by atoms with Crippen LogP contribution >= 0.6 is 0 Å². The van der Waals surface area contributed by atoms with Crippen LogP contribution in [0.5, 0.6) is 5.75 Å². The topological polar surface area (TPSA) is 101 Å². The van der Waals surface area contributed by atoms with Crippen molar-refractivity contribution >= 4 is 23.1 Å². The zero-order valence-corrected chi connectivity index (χ0v) is 15.2. The molecule has 1 aromatic carbocycles. The number of methoxy groups -OCH3 is 1. The predicted molar refractivity (Wildman–Crippen MR) is 102 cm³/mol. The molecule has 142 valence electrons. The average molecular weight is 371 g/mol. The minimum absolute atomic E-state index is 0.103. The number of carbonyl (C=O) groups excluding carboxylic acids is 1. The van der Waals surface area contributed by atoms with E-state index < -0.39 is 10.8 Å². The lowest BCUT2D eigenvalue weighted by Crippen LogP contribution is -2.44. The summed E-state index contributed by atoms with van der Waals surface area (Å²) in [6.07, 6.45) is 1.72. The fourth-order valence-corrected chi connectivity index (χ4v) is 2.87. The molecule has 1 N–H and O–H groups in total. The molecule has 0 radical (unpaired) electrons. The van der Waals surface area contributed by atoms with Gasteiger partial charge in [-0.1, -0.05) is 0 Å². The highest BCUT2D eigenvalue weighted by Gasteiger charge is 2.19. The molecule has 0 saturated carbocycles. The van der Waals surface area contributed by atoms with E-state index in [0.717, 1.165) is 31.9 Å². The Hall–Kier alpha value is -3.20. The van der Waals surface area contributed by atoms with Crippen molar-refractivity contribution in [1.29, 1.82) is 0 Å². The number of ether oxygens (including phenoxy) is 1. The Bertz CT molecular complexity index is 832. The molecular weight excluding hydrogens is 350 g/mol. The van der Waals surface area contributed by atoms with Gasteiger partial charge in [0.1, 0.15) is 5.82 Å². The van der Waals surface area contributed by atoms with Crippen LogP contribution in [0.1, 0.15) is 10.4 Å². The van der Waals surface area contributed by atoms with Crippen LogP contribution in [0.15, 0.2) is 36.5 Å². The van der Waals surface area contributed by atoms with E-state index >= 15 is 0 Å². The number of nitrogens with one attached hydrogen (secondary N) is 1.